The molecule has 0 aliphatic rings. The van der Waals surface area contributed by atoms with Crippen molar-refractivity contribution in [2.45, 2.75) is 6.92 Å². The molecule has 2 rings (SSSR count). The molecule has 0 fully saturated rings. The molecule has 1 amide bonds. The van der Waals surface area contributed by atoms with E-state index in [1.54, 1.807) is 18.2 Å². The average Bonchev–Trinajstić information content (AvgIpc) is 2.46. The Bertz CT molecular complexity index is 720. The van der Waals surface area contributed by atoms with Crippen LogP contribution < -0.4 is 15.8 Å². The monoisotopic (exact) mass is 358 g/mol. The molecule has 0 bridgehead atoms. The van der Waals surface area contributed by atoms with Crippen LogP contribution in [0.5, 0.6) is 5.75 Å². The van der Waals surface area contributed by atoms with Gasteiger partial charge in [0.15, 0.2) is 6.61 Å². The highest BCUT2D eigenvalue weighted by atomic mass is 35.5. The zero-order valence-electron chi connectivity index (χ0n) is 11.6. The van der Waals surface area contributed by atoms with E-state index in [0.29, 0.717) is 32.2 Å². The summed E-state index contributed by atoms with van der Waals surface area (Å²) in [6.07, 6.45) is 0. The highest BCUT2D eigenvalue weighted by Gasteiger charge is 2.10. The summed E-state index contributed by atoms with van der Waals surface area (Å²) in [4.78, 5) is 11.9. The Morgan fingerprint density at radius 2 is 1.86 bits per heavy atom. The van der Waals surface area contributed by atoms with Gasteiger partial charge in [0.05, 0.1) is 21.4 Å². The van der Waals surface area contributed by atoms with Crippen LogP contribution in [-0.2, 0) is 4.79 Å². The van der Waals surface area contributed by atoms with E-state index in [2.05, 4.69) is 5.32 Å². The minimum absolute atomic E-state index is 0.167. The summed E-state index contributed by atoms with van der Waals surface area (Å²) in [5.74, 6) is 0.189. The number of ether oxygens (including phenoxy) is 1. The van der Waals surface area contributed by atoms with Crippen LogP contribution in [0.4, 0.5) is 11.4 Å². The summed E-state index contributed by atoms with van der Waals surface area (Å²) < 4.78 is 5.40. The fraction of sp³-hybridized carbons (Fsp3) is 0.133. The van der Waals surface area contributed by atoms with E-state index in [4.69, 9.17) is 45.3 Å². The van der Waals surface area contributed by atoms with E-state index < -0.39 is 0 Å². The zero-order valence-corrected chi connectivity index (χ0v) is 13.9. The maximum absolute atomic E-state index is 11.9. The van der Waals surface area contributed by atoms with Crippen LogP contribution in [0, 0.1) is 6.92 Å². The molecule has 0 radical (unpaired) electrons. The molecule has 2 aromatic rings. The molecule has 0 spiro atoms. The molecule has 22 heavy (non-hydrogen) atoms. The third-order valence-corrected chi connectivity index (χ3v) is 3.92. The number of hydrogen-bond acceptors (Lipinski definition) is 3. The predicted octanol–water partition coefficient (Wildman–Crippen LogP) is 4.55. The summed E-state index contributed by atoms with van der Waals surface area (Å²) in [6.45, 7) is 1.69. The first-order chi connectivity index (χ1) is 10.4. The van der Waals surface area contributed by atoms with Crippen molar-refractivity contribution in [3.8, 4) is 5.75 Å². The van der Waals surface area contributed by atoms with Gasteiger partial charge in [-0.05, 0) is 42.8 Å². The highest BCUT2D eigenvalue weighted by molar-refractivity contribution is 6.37. The lowest BCUT2D eigenvalue weighted by atomic mass is 10.2. The van der Waals surface area contributed by atoms with Crippen LogP contribution in [0.1, 0.15) is 5.56 Å². The smallest absolute Gasteiger partial charge is 0.262 e. The largest absolute Gasteiger partial charge is 0.484 e. The Balaban J connectivity index is 1.98. The second-order valence-corrected chi connectivity index (χ2v) is 5.82. The van der Waals surface area contributed by atoms with Gasteiger partial charge in [0.25, 0.3) is 5.91 Å². The first-order valence-electron chi connectivity index (χ1n) is 6.30. The first-order valence-corrected chi connectivity index (χ1v) is 7.43. The van der Waals surface area contributed by atoms with Crippen molar-refractivity contribution in [2.24, 2.45) is 0 Å². The number of amides is 1. The van der Waals surface area contributed by atoms with Crippen LogP contribution in [0.25, 0.3) is 0 Å². The van der Waals surface area contributed by atoms with Crippen LogP contribution in [0.2, 0.25) is 15.1 Å². The zero-order chi connectivity index (χ0) is 16.3. The predicted molar refractivity (Wildman–Crippen MR) is 91.2 cm³/mol. The topological polar surface area (TPSA) is 64.3 Å². The lowest BCUT2D eigenvalue weighted by Gasteiger charge is -2.11. The molecule has 0 unspecified atom stereocenters. The van der Waals surface area contributed by atoms with Crippen molar-refractivity contribution in [1.29, 1.82) is 0 Å². The molecule has 3 N–H and O–H groups in total. The minimum Gasteiger partial charge on any atom is -0.484 e. The van der Waals surface area contributed by atoms with Crippen molar-refractivity contribution in [1.82, 2.24) is 0 Å². The normalized spacial score (nSPS) is 10.4. The summed E-state index contributed by atoms with van der Waals surface area (Å²) in [5.41, 5.74) is 7.21. The van der Waals surface area contributed by atoms with Crippen molar-refractivity contribution in [2.75, 3.05) is 17.7 Å². The summed E-state index contributed by atoms with van der Waals surface area (Å²) in [7, 11) is 0. The molecule has 116 valence electrons. The molecule has 0 heterocycles. The number of carbonyl (C=O) groups excluding carboxylic acids is 1. The summed E-state index contributed by atoms with van der Waals surface area (Å²) in [6, 6.07) is 8.12. The number of halogens is 3. The molecule has 0 saturated heterocycles. The van der Waals surface area contributed by atoms with Crippen LogP contribution in [-0.4, -0.2) is 12.5 Å². The average molecular weight is 360 g/mol. The van der Waals surface area contributed by atoms with Gasteiger partial charge >= 0.3 is 0 Å². The number of hydrogen-bond donors (Lipinski definition) is 2. The highest BCUT2D eigenvalue weighted by Crippen LogP contribution is 2.30. The fourth-order valence-corrected chi connectivity index (χ4v) is 2.20. The van der Waals surface area contributed by atoms with Gasteiger partial charge in [-0.2, -0.15) is 0 Å². The third kappa shape index (κ3) is 4.19. The molecule has 0 aromatic heterocycles. The summed E-state index contributed by atoms with van der Waals surface area (Å²) in [5, 5.41) is 3.87. The number of aryl methyl sites for hydroxylation is 1. The lowest BCUT2D eigenvalue weighted by Crippen LogP contribution is -2.20. The van der Waals surface area contributed by atoms with Gasteiger partial charge in [0.1, 0.15) is 5.75 Å². The third-order valence-electron chi connectivity index (χ3n) is 2.86. The number of nitrogens with one attached hydrogen (secondary N) is 1. The number of carbonyl (C=O) groups is 1. The Morgan fingerprint density at radius 3 is 2.55 bits per heavy atom. The van der Waals surface area contributed by atoms with Gasteiger partial charge in [-0.1, -0.05) is 34.8 Å². The van der Waals surface area contributed by atoms with Gasteiger partial charge < -0.3 is 15.8 Å². The van der Waals surface area contributed by atoms with Gasteiger partial charge in [-0.3, -0.25) is 4.79 Å². The van der Waals surface area contributed by atoms with Crippen molar-refractivity contribution < 1.29 is 9.53 Å². The van der Waals surface area contributed by atoms with Crippen molar-refractivity contribution in [3.05, 3.63) is 51.0 Å². The number of nitrogen functional groups attached to an aromatic ring is 1. The van der Waals surface area contributed by atoms with E-state index >= 15 is 0 Å². The Morgan fingerprint density at radius 1 is 1.14 bits per heavy atom. The van der Waals surface area contributed by atoms with Gasteiger partial charge in [0, 0.05) is 5.02 Å². The van der Waals surface area contributed by atoms with Crippen molar-refractivity contribution in [3.63, 3.8) is 0 Å². The van der Waals surface area contributed by atoms with E-state index in [1.807, 2.05) is 6.92 Å². The molecule has 0 aliphatic carbocycles. The molecule has 2 aromatic carbocycles. The molecule has 7 heteroatoms. The van der Waals surface area contributed by atoms with E-state index in [9.17, 15) is 4.79 Å². The first kappa shape index (κ1) is 16.7. The Hall–Kier alpha value is -1.62. The second-order valence-electron chi connectivity index (χ2n) is 4.60. The van der Waals surface area contributed by atoms with Gasteiger partial charge in [0.2, 0.25) is 0 Å². The van der Waals surface area contributed by atoms with Crippen LogP contribution in [0.15, 0.2) is 30.3 Å². The van der Waals surface area contributed by atoms with E-state index in [1.165, 1.54) is 12.1 Å². The molecule has 0 saturated carbocycles. The van der Waals surface area contributed by atoms with Gasteiger partial charge in [-0.25, -0.2) is 0 Å². The van der Waals surface area contributed by atoms with E-state index in [0.717, 1.165) is 5.56 Å². The molecule has 0 atom stereocenters. The second kappa shape index (κ2) is 7.09. The maximum Gasteiger partial charge on any atom is 0.262 e. The number of anilines is 2. The van der Waals surface area contributed by atoms with Crippen LogP contribution in [0.3, 0.4) is 0 Å². The maximum atomic E-state index is 11.9. The Labute approximate surface area is 143 Å². The van der Waals surface area contributed by atoms with Gasteiger partial charge in [-0.15, -0.1) is 0 Å². The minimum atomic E-state index is -0.365. The number of nitrogens with two attached hydrogens (primary N) is 1. The quantitative estimate of drug-likeness (QED) is 0.787. The Kier molecular flexibility index (Phi) is 5.40. The lowest BCUT2D eigenvalue weighted by molar-refractivity contribution is -0.118. The fourth-order valence-electron chi connectivity index (χ4n) is 1.70. The number of benzene rings is 2. The molecular weight excluding hydrogens is 347 g/mol. The SMILES string of the molecule is Cc1cc(OCC(=O)Nc2cc(Cl)c(N)cc2Cl)ccc1Cl. The molecule has 4 nitrogen and oxygen atoms in total. The van der Waals surface area contributed by atoms with E-state index in [-0.39, 0.29) is 12.5 Å². The molecule has 0 aliphatic heterocycles. The summed E-state index contributed by atoms with van der Waals surface area (Å²) >= 11 is 17.8. The number of rotatable bonds is 4. The standard InChI is InChI=1S/C15H13Cl3N2O2/c1-8-4-9(2-3-10(8)16)22-7-15(21)20-14-6-11(17)13(19)5-12(14)18/h2-6H,7,19H2,1H3,(H,20,21). The van der Waals surface area contributed by atoms with Crippen molar-refractivity contribution >= 4 is 52.1 Å². The molecular formula is C15H13Cl3N2O2. The van der Waals surface area contributed by atoms with Crippen LogP contribution >= 0.6 is 34.8 Å².